The topological polar surface area (TPSA) is 102 Å². The predicted octanol–water partition coefficient (Wildman–Crippen LogP) is 3.44. The first kappa shape index (κ1) is 26.9. The number of carbonyl (C=O) groups is 1. The van der Waals surface area contributed by atoms with Crippen molar-refractivity contribution < 1.29 is 13.2 Å². The van der Waals surface area contributed by atoms with Gasteiger partial charge in [-0.3, -0.25) is 14.5 Å². The fourth-order valence-electron chi connectivity index (χ4n) is 6.42. The molecule has 6 rings (SSSR count). The minimum Gasteiger partial charge on any atom is -0.355 e. The van der Waals surface area contributed by atoms with Crippen LogP contribution >= 0.6 is 0 Å². The van der Waals surface area contributed by atoms with Gasteiger partial charge in [0.05, 0.1) is 28.5 Å². The molecule has 1 aromatic carbocycles. The number of carbonyl (C=O) groups excluding carboxylic acids is 1. The summed E-state index contributed by atoms with van der Waals surface area (Å²) in [5.41, 5.74) is 4.48. The van der Waals surface area contributed by atoms with Crippen molar-refractivity contribution in [3.63, 3.8) is 0 Å². The van der Waals surface area contributed by atoms with Crippen LogP contribution < -0.4 is 14.5 Å². The van der Waals surface area contributed by atoms with Crippen molar-refractivity contribution in [2.24, 2.45) is 0 Å². The molecule has 0 radical (unpaired) electrons. The Morgan fingerprint density at radius 3 is 2.35 bits per heavy atom. The molecule has 2 aliphatic heterocycles. The highest BCUT2D eigenvalue weighted by molar-refractivity contribution is 7.90. The molecule has 0 bridgehead atoms. The molecule has 0 atom stereocenters. The zero-order valence-electron chi connectivity index (χ0n) is 23.8. The number of nitrogens with one attached hydrogen (secondary N) is 1. The molecule has 1 amide bonds. The van der Waals surface area contributed by atoms with Crippen LogP contribution in [-0.2, 0) is 20.4 Å². The molecule has 0 unspecified atom stereocenters. The van der Waals surface area contributed by atoms with E-state index in [4.69, 9.17) is 4.98 Å². The van der Waals surface area contributed by atoms with E-state index in [1.165, 1.54) is 14.1 Å². The standard InChI is InChI=1S/C29H37N7O3S/c1-33(2)21-9-13-36(14-10-21)27-24(32-40(38,39)34(3)4)16-20(17-31-27)19-7-8-23-22(15-19)26-25(18-30-23)35(5)28(37)29(26)11-6-12-29/h7-8,15-18,21,32H,6,9-14H2,1-5H3. The SMILES string of the molecule is CN1C(=O)C2(CCC2)c2c1cnc1ccc(-c3cnc(N4CCC(N(C)C)CC4)c(NS(=O)(=O)N(C)C)c3)cc21. The van der Waals surface area contributed by atoms with E-state index < -0.39 is 15.6 Å². The molecular formula is C29H37N7O3S. The van der Waals surface area contributed by atoms with Gasteiger partial charge in [-0.15, -0.1) is 0 Å². The third kappa shape index (κ3) is 4.22. The first-order chi connectivity index (χ1) is 19.0. The van der Waals surface area contributed by atoms with Crippen LogP contribution in [0.3, 0.4) is 0 Å². The van der Waals surface area contributed by atoms with E-state index in [1.807, 2.05) is 37.6 Å². The summed E-state index contributed by atoms with van der Waals surface area (Å²) in [6, 6.07) is 8.41. The zero-order valence-corrected chi connectivity index (χ0v) is 24.6. The van der Waals surface area contributed by atoms with E-state index in [9.17, 15) is 13.2 Å². The fourth-order valence-corrected chi connectivity index (χ4v) is 7.03. The van der Waals surface area contributed by atoms with Crippen molar-refractivity contribution in [1.29, 1.82) is 0 Å². The largest absolute Gasteiger partial charge is 0.355 e. The fraction of sp³-hybridized carbons (Fsp3) is 0.483. The molecule has 40 heavy (non-hydrogen) atoms. The number of nitrogens with zero attached hydrogens (tertiary/aromatic N) is 6. The van der Waals surface area contributed by atoms with Crippen molar-refractivity contribution in [1.82, 2.24) is 19.2 Å². The number of hydrogen-bond donors (Lipinski definition) is 1. The molecule has 3 aliphatic rings. The van der Waals surface area contributed by atoms with Crippen molar-refractivity contribution >= 4 is 44.2 Å². The minimum atomic E-state index is -3.75. The number of rotatable bonds is 6. The Balaban J connectivity index is 1.43. The van der Waals surface area contributed by atoms with E-state index in [0.29, 0.717) is 17.5 Å². The Morgan fingerprint density at radius 2 is 1.73 bits per heavy atom. The van der Waals surface area contributed by atoms with Crippen LogP contribution in [0.1, 0.15) is 37.7 Å². The molecule has 2 fully saturated rings. The number of pyridine rings is 2. The maximum atomic E-state index is 13.3. The van der Waals surface area contributed by atoms with Crippen LogP contribution in [0.4, 0.5) is 17.2 Å². The lowest BCUT2D eigenvalue weighted by Gasteiger charge is -2.37. The molecular weight excluding hydrogens is 526 g/mol. The number of anilines is 3. The Hall–Kier alpha value is -3.28. The van der Waals surface area contributed by atoms with E-state index in [-0.39, 0.29) is 5.91 Å². The molecule has 3 aromatic rings. The molecule has 1 N–H and O–H groups in total. The van der Waals surface area contributed by atoms with Gasteiger partial charge in [-0.2, -0.15) is 12.7 Å². The van der Waals surface area contributed by atoms with E-state index in [0.717, 1.165) is 82.8 Å². The van der Waals surface area contributed by atoms with Crippen molar-refractivity contribution in [3.8, 4) is 11.1 Å². The monoisotopic (exact) mass is 563 g/mol. The summed E-state index contributed by atoms with van der Waals surface area (Å²) in [6.45, 7) is 1.59. The van der Waals surface area contributed by atoms with Gasteiger partial charge in [-0.05, 0) is 63.5 Å². The van der Waals surface area contributed by atoms with Crippen LogP contribution in [0.15, 0.2) is 36.7 Å². The number of amides is 1. The maximum absolute atomic E-state index is 13.3. The molecule has 1 spiro atoms. The Bertz CT molecular complexity index is 1590. The van der Waals surface area contributed by atoms with E-state index in [2.05, 4.69) is 39.7 Å². The number of likely N-dealkylation sites (N-methyl/N-ethyl adjacent to an activating group) is 1. The highest BCUT2D eigenvalue weighted by atomic mass is 32.2. The quantitative estimate of drug-likeness (QED) is 0.490. The van der Waals surface area contributed by atoms with Gasteiger partial charge < -0.3 is 14.7 Å². The van der Waals surface area contributed by atoms with E-state index in [1.54, 1.807) is 4.90 Å². The van der Waals surface area contributed by atoms with Crippen molar-refractivity contribution in [2.75, 3.05) is 62.8 Å². The van der Waals surface area contributed by atoms with Gasteiger partial charge in [0, 0.05) is 63.0 Å². The normalized spacial score (nSPS) is 19.1. The Morgan fingerprint density at radius 1 is 1.00 bits per heavy atom. The van der Waals surface area contributed by atoms with Crippen molar-refractivity contribution in [2.45, 2.75) is 43.6 Å². The van der Waals surface area contributed by atoms with Crippen molar-refractivity contribution in [3.05, 3.63) is 42.2 Å². The van der Waals surface area contributed by atoms with Crippen LogP contribution in [0.5, 0.6) is 0 Å². The van der Waals surface area contributed by atoms with Gasteiger partial charge in [0.15, 0.2) is 5.82 Å². The summed E-state index contributed by atoms with van der Waals surface area (Å²) in [5, 5.41) is 0.970. The predicted molar refractivity (Wildman–Crippen MR) is 159 cm³/mol. The second kappa shape index (κ2) is 9.67. The summed E-state index contributed by atoms with van der Waals surface area (Å²) < 4.78 is 29.8. The van der Waals surface area contributed by atoms with Gasteiger partial charge in [0.1, 0.15) is 0 Å². The molecule has 1 aliphatic carbocycles. The summed E-state index contributed by atoms with van der Waals surface area (Å²) in [4.78, 5) is 28.9. The molecule has 212 valence electrons. The van der Waals surface area contributed by atoms with Crippen LogP contribution in [0.2, 0.25) is 0 Å². The van der Waals surface area contributed by atoms with Gasteiger partial charge in [0.2, 0.25) is 5.91 Å². The summed E-state index contributed by atoms with van der Waals surface area (Å²) >= 11 is 0. The van der Waals surface area contributed by atoms with Gasteiger partial charge >= 0.3 is 10.2 Å². The van der Waals surface area contributed by atoms with Gasteiger partial charge in [0.25, 0.3) is 0 Å². The first-order valence-electron chi connectivity index (χ1n) is 13.9. The van der Waals surface area contributed by atoms with E-state index >= 15 is 0 Å². The third-order valence-electron chi connectivity index (χ3n) is 9.02. The minimum absolute atomic E-state index is 0.151. The number of hydrogen-bond acceptors (Lipinski definition) is 7. The molecule has 4 heterocycles. The first-order valence-corrected chi connectivity index (χ1v) is 15.3. The molecule has 1 saturated heterocycles. The summed E-state index contributed by atoms with van der Waals surface area (Å²) in [6.07, 6.45) is 8.33. The second-order valence-corrected chi connectivity index (χ2v) is 13.6. The number of benzene rings is 1. The van der Waals surface area contributed by atoms with Crippen LogP contribution in [-0.4, -0.2) is 87.9 Å². The summed E-state index contributed by atoms with van der Waals surface area (Å²) in [5.74, 6) is 0.785. The smallest absolute Gasteiger partial charge is 0.301 e. The molecule has 11 heteroatoms. The average molecular weight is 564 g/mol. The molecule has 10 nitrogen and oxygen atoms in total. The lowest BCUT2D eigenvalue weighted by molar-refractivity contribution is -0.125. The molecule has 2 aromatic heterocycles. The Labute approximate surface area is 236 Å². The van der Waals surface area contributed by atoms with Crippen LogP contribution in [0, 0.1) is 0 Å². The molecule has 1 saturated carbocycles. The highest BCUT2D eigenvalue weighted by Gasteiger charge is 2.54. The third-order valence-corrected chi connectivity index (χ3v) is 10.5. The number of aromatic nitrogens is 2. The number of fused-ring (bicyclic) bond motifs is 4. The maximum Gasteiger partial charge on any atom is 0.301 e. The lowest BCUT2D eigenvalue weighted by atomic mass is 9.64. The number of piperidine rings is 1. The highest BCUT2D eigenvalue weighted by Crippen LogP contribution is 2.55. The second-order valence-electron chi connectivity index (χ2n) is 11.7. The summed E-state index contributed by atoms with van der Waals surface area (Å²) in [7, 11) is 5.29. The average Bonchev–Trinajstić information content (AvgIpc) is 3.15. The lowest BCUT2D eigenvalue weighted by Crippen LogP contribution is -2.43. The zero-order chi connectivity index (χ0) is 28.4. The van der Waals surface area contributed by atoms with Gasteiger partial charge in [-0.25, -0.2) is 4.98 Å². The van der Waals surface area contributed by atoms with Gasteiger partial charge in [-0.1, -0.05) is 12.5 Å². The van der Waals surface area contributed by atoms with Crippen LogP contribution in [0.25, 0.3) is 22.0 Å². The Kier molecular flexibility index (Phi) is 6.51.